The number of carboxylic acid groups (broad SMARTS) is 1. The van der Waals surface area contributed by atoms with Gasteiger partial charge in [0.2, 0.25) is 5.76 Å². The quantitative estimate of drug-likeness (QED) is 0.801. The van der Waals surface area contributed by atoms with Gasteiger partial charge in [-0.05, 0) is 19.1 Å². The number of halogens is 3. The summed E-state index contributed by atoms with van der Waals surface area (Å²) in [5, 5.41) is 7.12. The van der Waals surface area contributed by atoms with Crippen molar-refractivity contribution < 1.29 is 37.0 Å². The molecule has 3 N–H and O–H groups in total. The first kappa shape index (κ1) is 17.0. The van der Waals surface area contributed by atoms with Gasteiger partial charge in [0.05, 0.1) is 13.2 Å². The van der Waals surface area contributed by atoms with Gasteiger partial charge in [0, 0.05) is 0 Å². The van der Waals surface area contributed by atoms with Crippen molar-refractivity contribution >= 4 is 11.9 Å². The first-order chi connectivity index (χ1) is 8.59. The van der Waals surface area contributed by atoms with E-state index in [4.69, 9.17) is 20.1 Å². The van der Waals surface area contributed by atoms with Crippen LogP contribution in [-0.4, -0.2) is 30.3 Å². The molecule has 0 aliphatic rings. The minimum atomic E-state index is -5.08. The first-order valence-corrected chi connectivity index (χ1v) is 4.83. The Balaban J connectivity index is 0.000000399. The van der Waals surface area contributed by atoms with Crippen LogP contribution in [0.25, 0.3) is 0 Å². The summed E-state index contributed by atoms with van der Waals surface area (Å²) in [6.07, 6.45) is -5.08. The smallest absolute Gasteiger partial charge is 0.475 e. The number of alkyl halides is 3. The molecule has 9 heteroatoms. The Hall–Kier alpha value is -2.03. The lowest BCUT2D eigenvalue weighted by Gasteiger charge is -1.98. The van der Waals surface area contributed by atoms with Gasteiger partial charge in [-0.1, -0.05) is 0 Å². The van der Waals surface area contributed by atoms with Crippen molar-refractivity contribution in [2.24, 2.45) is 5.73 Å². The Morgan fingerprint density at radius 1 is 1.42 bits per heavy atom. The van der Waals surface area contributed by atoms with Crippen molar-refractivity contribution in [2.45, 2.75) is 19.1 Å². The number of hydrogen-bond donors (Lipinski definition) is 2. The number of aliphatic carboxylic acids is 1. The molecule has 0 aromatic carbocycles. The Bertz CT molecular complexity index is 439. The fraction of sp³-hybridized carbons (Fsp3) is 0.400. The molecule has 19 heavy (non-hydrogen) atoms. The fourth-order valence-corrected chi connectivity index (χ4v) is 0.808. The number of carboxylic acids is 1. The molecule has 0 fully saturated rings. The van der Waals surface area contributed by atoms with Gasteiger partial charge in [0.1, 0.15) is 5.76 Å². The molecule has 1 atom stereocenters. The number of furan rings is 1. The van der Waals surface area contributed by atoms with Crippen molar-refractivity contribution in [3.63, 3.8) is 0 Å². The van der Waals surface area contributed by atoms with Crippen LogP contribution >= 0.6 is 0 Å². The van der Waals surface area contributed by atoms with E-state index >= 15 is 0 Å². The van der Waals surface area contributed by atoms with Crippen LogP contribution in [0.1, 0.15) is 29.3 Å². The maximum atomic E-state index is 10.9. The summed E-state index contributed by atoms with van der Waals surface area (Å²) >= 11 is 0. The minimum absolute atomic E-state index is 0.185. The van der Waals surface area contributed by atoms with Gasteiger partial charge >= 0.3 is 18.1 Å². The van der Waals surface area contributed by atoms with E-state index in [2.05, 4.69) is 4.74 Å². The second-order valence-electron chi connectivity index (χ2n) is 3.29. The summed E-state index contributed by atoms with van der Waals surface area (Å²) < 4.78 is 41.3. The van der Waals surface area contributed by atoms with Gasteiger partial charge in [-0.15, -0.1) is 0 Å². The number of carbonyl (C=O) groups excluding carboxylic acids is 1. The molecular weight excluding hydrogens is 271 g/mol. The van der Waals surface area contributed by atoms with Crippen LogP contribution in [0.4, 0.5) is 13.2 Å². The number of rotatable bonds is 2. The lowest BCUT2D eigenvalue weighted by atomic mass is 10.3. The predicted octanol–water partition coefficient (Wildman–Crippen LogP) is 1.72. The maximum absolute atomic E-state index is 10.9. The third-order valence-corrected chi connectivity index (χ3v) is 1.70. The van der Waals surface area contributed by atoms with E-state index in [1.807, 2.05) is 0 Å². The second-order valence-corrected chi connectivity index (χ2v) is 3.29. The Labute approximate surface area is 105 Å². The average molecular weight is 283 g/mol. The SMILES string of the molecule is COC(=O)c1ccc([C@H](C)N)o1.O=C(O)C(F)(F)F. The van der Waals surface area contributed by atoms with E-state index < -0.39 is 18.1 Å². The normalized spacial score (nSPS) is 12.1. The van der Waals surface area contributed by atoms with E-state index in [1.54, 1.807) is 19.1 Å². The van der Waals surface area contributed by atoms with Crippen LogP contribution in [0.5, 0.6) is 0 Å². The number of methoxy groups -OCH3 is 1. The predicted molar refractivity (Wildman–Crippen MR) is 56.3 cm³/mol. The lowest BCUT2D eigenvalue weighted by molar-refractivity contribution is -0.192. The van der Waals surface area contributed by atoms with Gasteiger partial charge < -0.3 is 20.0 Å². The molecule has 6 nitrogen and oxygen atoms in total. The highest BCUT2D eigenvalue weighted by atomic mass is 19.4. The molecule has 1 heterocycles. The van der Waals surface area contributed by atoms with Gasteiger partial charge in [-0.2, -0.15) is 13.2 Å². The van der Waals surface area contributed by atoms with E-state index in [-0.39, 0.29) is 11.8 Å². The van der Waals surface area contributed by atoms with Crippen molar-refractivity contribution in [3.8, 4) is 0 Å². The highest BCUT2D eigenvalue weighted by Crippen LogP contribution is 2.14. The maximum Gasteiger partial charge on any atom is 0.490 e. The van der Waals surface area contributed by atoms with Crippen LogP contribution in [0.3, 0.4) is 0 Å². The molecule has 0 saturated heterocycles. The third-order valence-electron chi connectivity index (χ3n) is 1.70. The molecule has 0 radical (unpaired) electrons. The molecule has 0 aliphatic heterocycles. The summed E-state index contributed by atoms with van der Waals surface area (Å²) in [6, 6.07) is 3.00. The van der Waals surface area contributed by atoms with E-state index in [9.17, 15) is 18.0 Å². The molecule has 1 aromatic rings. The summed E-state index contributed by atoms with van der Waals surface area (Å²) in [5.41, 5.74) is 5.52. The number of hydrogen-bond acceptors (Lipinski definition) is 5. The van der Waals surface area contributed by atoms with Crippen molar-refractivity contribution in [1.29, 1.82) is 0 Å². The van der Waals surface area contributed by atoms with Crippen LogP contribution in [0.2, 0.25) is 0 Å². The molecule has 0 aliphatic carbocycles. The highest BCUT2D eigenvalue weighted by Gasteiger charge is 2.38. The topological polar surface area (TPSA) is 103 Å². The summed E-state index contributed by atoms with van der Waals surface area (Å²) in [6.45, 7) is 1.78. The second kappa shape index (κ2) is 6.78. The van der Waals surface area contributed by atoms with Crippen molar-refractivity contribution in [3.05, 3.63) is 23.7 Å². The highest BCUT2D eigenvalue weighted by molar-refractivity contribution is 5.86. The van der Waals surface area contributed by atoms with Crippen molar-refractivity contribution in [1.82, 2.24) is 0 Å². The molecule has 0 saturated carbocycles. The molecule has 108 valence electrons. The van der Waals surface area contributed by atoms with Gasteiger partial charge in [0.25, 0.3) is 0 Å². The number of carbonyl (C=O) groups is 2. The zero-order valence-corrected chi connectivity index (χ0v) is 10.0. The number of nitrogens with two attached hydrogens (primary N) is 1. The Kier molecular flexibility index (Phi) is 6.06. The third kappa shape index (κ3) is 5.91. The van der Waals surface area contributed by atoms with Gasteiger partial charge in [-0.3, -0.25) is 0 Å². The van der Waals surface area contributed by atoms with Gasteiger partial charge in [-0.25, -0.2) is 9.59 Å². The number of ether oxygens (including phenoxy) is 1. The minimum Gasteiger partial charge on any atom is -0.475 e. The summed E-state index contributed by atoms with van der Waals surface area (Å²) in [7, 11) is 1.30. The monoisotopic (exact) mass is 283 g/mol. The van der Waals surface area contributed by atoms with Crippen LogP contribution < -0.4 is 5.73 Å². The summed E-state index contributed by atoms with van der Waals surface area (Å²) in [4.78, 5) is 19.8. The largest absolute Gasteiger partial charge is 0.490 e. The van der Waals surface area contributed by atoms with Crippen molar-refractivity contribution in [2.75, 3.05) is 7.11 Å². The Morgan fingerprint density at radius 3 is 2.16 bits per heavy atom. The summed E-state index contributed by atoms with van der Waals surface area (Å²) in [5.74, 6) is -2.48. The molecule has 0 spiro atoms. The molecule has 0 unspecified atom stereocenters. The van der Waals surface area contributed by atoms with E-state index in [0.29, 0.717) is 5.76 Å². The first-order valence-electron chi connectivity index (χ1n) is 4.83. The van der Waals surface area contributed by atoms with Crippen LogP contribution in [-0.2, 0) is 9.53 Å². The average Bonchev–Trinajstić information content (AvgIpc) is 2.76. The van der Waals surface area contributed by atoms with E-state index in [0.717, 1.165) is 0 Å². The molecule has 0 bridgehead atoms. The molecule has 1 rings (SSSR count). The van der Waals surface area contributed by atoms with Gasteiger partial charge in [0.15, 0.2) is 0 Å². The zero-order valence-electron chi connectivity index (χ0n) is 10.0. The zero-order chi connectivity index (χ0) is 15.2. The fourth-order valence-electron chi connectivity index (χ4n) is 0.808. The molecule has 1 aromatic heterocycles. The van der Waals surface area contributed by atoms with E-state index in [1.165, 1.54) is 7.11 Å². The Morgan fingerprint density at radius 2 is 1.89 bits per heavy atom. The molecule has 0 amide bonds. The van der Waals surface area contributed by atoms with Crippen LogP contribution in [0, 0.1) is 0 Å². The molecular formula is C10H12F3NO5. The standard InChI is InChI=1S/C8H11NO3.C2HF3O2/c1-5(9)6-3-4-7(12-6)8(10)11-2;3-2(4,5)1(6)7/h3-5H,9H2,1-2H3;(H,6,7)/t5-;/m0./s1. The van der Waals surface area contributed by atoms with Crippen LogP contribution in [0.15, 0.2) is 16.5 Å². The lowest BCUT2D eigenvalue weighted by Crippen LogP contribution is -2.21. The number of esters is 1.